The molecular weight excluding hydrogens is 464 g/mol. The Balaban J connectivity index is 1.90. The van der Waals surface area contributed by atoms with Crippen molar-refractivity contribution in [3.05, 3.63) is 82.9 Å². The molecule has 0 spiro atoms. The van der Waals surface area contributed by atoms with Gasteiger partial charge < -0.3 is 14.8 Å². The number of carbonyl (C=O) groups excluding carboxylic acids is 1. The summed E-state index contributed by atoms with van der Waals surface area (Å²) in [7, 11) is -0.992. The summed E-state index contributed by atoms with van der Waals surface area (Å²) in [5.41, 5.74) is 1.91. The highest BCUT2D eigenvalue weighted by molar-refractivity contribution is 7.89. The molecule has 33 heavy (non-hydrogen) atoms. The topological polar surface area (TPSA) is 84.9 Å². The maximum atomic E-state index is 13.4. The predicted octanol–water partition coefficient (Wildman–Crippen LogP) is 4.50. The summed E-state index contributed by atoms with van der Waals surface area (Å²) in [6.45, 7) is 1.38. The zero-order chi connectivity index (χ0) is 24.0. The molecule has 0 fully saturated rings. The van der Waals surface area contributed by atoms with E-state index in [-0.39, 0.29) is 11.4 Å². The van der Waals surface area contributed by atoms with Gasteiger partial charge in [0.15, 0.2) is 0 Å². The van der Waals surface area contributed by atoms with E-state index in [0.29, 0.717) is 27.8 Å². The van der Waals surface area contributed by atoms with E-state index in [4.69, 9.17) is 21.1 Å². The zero-order valence-electron chi connectivity index (χ0n) is 18.5. The summed E-state index contributed by atoms with van der Waals surface area (Å²) in [5.74, 6) is 0.426. The number of ether oxygens (including phenoxy) is 2. The van der Waals surface area contributed by atoms with E-state index < -0.39 is 22.5 Å². The molecule has 1 amide bonds. The Morgan fingerprint density at radius 3 is 2.33 bits per heavy atom. The predicted molar refractivity (Wildman–Crippen MR) is 128 cm³/mol. The Kier molecular flexibility index (Phi) is 7.97. The zero-order valence-corrected chi connectivity index (χ0v) is 20.1. The average Bonchev–Trinajstić information content (AvgIpc) is 2.80. The Morgan fingerprint density at radius 2 is 1.70 bits per heavy atom. The smallest absolute Gasteiger partial charge is 0.243 e. The van der Waals surface area contributed by atoms with Crippen molar-refractivity contribution in [1.29, 1.82) is 0 Å². The molecule has 0 aliphatic heterocycles. The lowest BCUT2D eigenvalue weighted by Gasteiger charge is -2.23. The molecule has 3 aromatic carbocycles. The Labute approximate surface area is 198 Å². The Hall–Kier alpha value is -3.07. The number of nitrogens with one attached hydrogen (secondary N) is 1. The number of rotatable bonds is 9. The van der Waals surface area contributed by atoms with Crippen LogP contribution in [0.1, 0.15) is 11.1 Å². The molecule has 174 valence electrons. The Bertz CT molecular complexity index is 1230. The average molecular weight is 489 g/mol. The van der Waals surface area contributed by atoms with Gasteiger partial charge in [-0.2, -0.15) is 4.31 Å². The number of sulfonamides is 1. The number of hydrogen-bond donors (Lipinski definition) is 1. The molecular formula is C24H25ClN2O5S. The maximum Gasteiger partial charge on any atom is 0.243 e. The molecule has 0 unspecified atom stereocenters. The second-order valence-electron chi connectivity index (χ2n) is 7.29. The van der Waals surface area contributed by atoms with Gasteiger partial charge in [0.25, 0.3) is 0 Å². The van der Waals surface area contributed by atoms with Gasteiger partial charge in [0.05, 0.1) is 31.3 Å². The Morgan fingerprint density at radius 1 is 1.00 bits per heavy atom. The lowest BCUT2D eigenvalue weighted by molar-refractivity contribution is -0.116. The standard InChI is InChI=1S/C24H25ClN2O5S/c1-17-8-11-20(12-9-17)33(29,30)27(15-18-6-4-5-7-21(18)25)16-24(28)26-22-13-10-19(31-2)14-23(22)32-3/h4-14H,15-16H2,1-3H3,(H,26,28). The van der Waals surface area contributed by atoms with Crippen LogP contribution in [0.3, 0.4) is 0 Å². The van der Waals surface area contributed by atoms with Gasteiger partial charge >= 0.3 is 0 Å². The van der Waals surface area contributed by atoms with Gasteiger partial charge in [-0.15, -0.1) is 0 Å². The SMILES string of the molecule is COc1ccc(NC(=O)CN(Cc2ccccc2Cl)S(=O)(=O)c2ccc(C)cc2)c(OC)c1. The van der Waals surface area contributed by atoms with Gasteiger partial charge in [-0.05, 0) is 42.8 Å². The van der Waals surface area contributed by atoms with Gasteiger partial charge in [-0.3, -0.25) is 4.79 Å². The summed E-state index contributed by atoms with van der Waals surface area (Å²) < 4.78 is 38.4. The molecule has 0 heterocycles. The second-order valence-corrected chi connectivity index (χ2v) is 9.64. The van der Waals surface area contributed by atoms with E-state index in [0.717, 1.165) is 9.87 Å². The molecule has 0 radical (unpaired) electrons. The minimum atomic E-state index is -3.98. The van der Waals surface area contributed by atoms with Gasteiger partial charge in [0, 0.05) is 17.6 Å². The fourth-order valence-corrected chi connectivity index (χ4v) is 4.72. The molecule has 0 saturated heterocycles. The number of aryl methyl sites for hydroxylation is 1. The van der Waals surface area contributed by atoms with Gasteiger partial charge in [-0.25, -0.2) is 8.42 Å². The minimum Gasteiger partial charge on any atom is -0.497 e. The summed E-state index contributed by atoms with van der Waals surface area (Å²) >= 11 is 6.27. The summed E-state index contributed by atoms with van der Waals surface area (Å²) in [6.07, 6.45) is 0. The molecule has 0 saturated carbocycles. The molecule has 1 N–H and O–H groups in total. The van der Waals surface area contributed by atoms with Crippen molar-refractivity contribution < 1.29 is 22.7 Å². The second kappa shape index (κ2) is 10.7. The number of anilines is 1. The fourth-order valence-electron chi connectivity index (χ4n) is 3.15. The third-order valence-corrected chi connectivity index (χ3v) is 7.14. The van der Waals surface area contributed by atoms with Gasteiger partial charge in [-0.1, -0.05) is 47.5 Å². The molecule has 0 aliphatic rings. The molecule has 0 aliphatic carbocycles. The van der Waals surface area contributed by atoms with E-state index >= 15 is 0 Å². The van der Waals surface area contributed by atoms with Crippen LogP contribution in [0.15, 0.2) is 71.6 Å². The van der Waals surface area contributed by atoms with Crippen LogP contribution in [0.25, 0.3) is 0 Å². The van der Waals surface area contributed by atoms with E-state index in [1.165, 1.54) is 26.4 Å². The summed E-state index contributed by atoms with van der Waals surface area (Å²) in [5, 5.41) is 3.13. The fraction of sp³-hybridized carbons (Fsp3) is 0.208. The first kappa shape index (κ1) is 24.6. The molecule has 3 rings (SSSR count). The monoisotopic (exact) mass is 488 g/mol. The maximum absolute atomic E-state index is 13.4. The molecule has 9 heteroatoms. The third-order valence-electron chi connectivity index (χ3n) is 4.97. The van der Waals surface area contributed by atoms with Gasteiger partial charge in [0.2, 0.25) is 15.9 Å². The lowest BCUT2D eigenvalue weighted by atomic mass is 10.2. The number of nitrogens with zero attached hydrogens (tertiary/aromatic N) is 1. The molecule has 3 aromatic rings. The van der Waals surface area contributed by atoms with Crippen molar-refractivity contribution in [3.63, 3.8) is 0 Å². The van der Waals surface area contributed by atoms with Crippen molar-refractivity contribution in [2.75, 3.05) is 26.1 Å². The summed E-state index contributed by atoms with van der Waals surface area (Å²) in [4.78, 5) is 13.0. The van der Waals surface area contributed by atoms with E-state index in [1.807, 2.05) is 6.92 Å². The number of hydrogen-bond acceptors (Lipinski definition) is 5. The molecule has 0 atom stereocenters. The normalized spacial score (nSPS) is 11.3. The van der Waals surface area contributed by atoms with E-state index in [2.05, 4.69) is 5.32 Å². The third kappa shape index (κ3) is 6.04. The first-order chi connectivity index (χ1) is 15.7. The minimum absolute atomic E-state index is 0.0664. The van der Waals surface area contributed by atoms with E-state index in [9.17, 15) is 13.2 Å². The first-order valence-electron chi connectivity index (χ1n) is 10.1. The largest absolute Gasteiger partial charge is 0.497 e. The van der Waals surface area contributed by atoms with Crippen molar-refractivity contribution in [1.82, 2.24) is 4.31 Å². The summed E-state index contributed by atoms with van der Waals surface area (Å²) in [6, 6.07) is 18.3. The molecule has 0 aromatic heterocycles. The van der Waals surface area contributed by atoms with Crippen molar-refractivity contribution >= 4 is 33.2 Å². The van der Waals surface area contributed by atoms with Gasteiger partial charge in [0.1, 0.15) is 11.5 Å². The highest BCUT2D eigenvalue weighted by Crippen LogP contribution is 2.29. The van der Waals surface area contributed by atoms with Crippen LogP contribution in [0.5, 0.6) is 11.5 Å². The van der Waals surface area contributed by atoms with Crippen LogP contribution in [-0.4, -0.2) is 39.4 Å². The van der Waals surface area contributed by atoms with Crippen LogP contribution in [-0.2, 0) is 21.4 Å². The lowest BCUT2D eigenvalue weighted by Crippen LogP contribution is -2.37. The number of amides is 1. The first-order valence-corrected chi connectivity index (χ1v) is 11.9. The highest BCUT2D eigenvalue weighted by atomic mass is 35.5. The number of halogens is 1. The van der Waals surface area contributed by atoms with Crippen LogP contribution >= 0.6 is 11.6 Å². The van der Waals surface area contributed by atoms with E-state index in [1.54, 1.807) is 54.6 Å². The number of carbonyl (C=O) groups is 1. The van der Waals surface area contributed by atoms with Crippen LogP contribution in [0, 0.1) is 6.92 Å². The molecule has 0 bridgehead atoms. The quantitative estimate of drug-likeness (QED) is 0.479. The van der Waals surface area contributed by atoms with Crippen molar-refractivity contribution in [2.24, 2.45) is 0 Å². The van der Waals surface area contributed by atoms with Crippen LogP contribution < -0.4 is 14.8 Å². The highest BCUT2D eigenvalue weighted by Gasteiger charge is 2.28. The van der Waals surface area contributed by atoms with Crippen molar-refractivity contribution in [3.8, 4) is 11.5 Å². The number of benzene rings is 3. The van der Waals surface area contributed by atoms with Crippen LogP contribution in [0.2, 0.25) is 5.02 Å². The molecule has 7 nitrogen and oxygen atoms in total. The number of methoxy groups -OCH3 is 2. The van der Waals surface area contributed by atoms with Crippen molar-refractivity contribution in [2.45, 2.75) is 18.4 Å². The van der Waals surface area contributed by atoms with Crippen LogP contribution in [0.4, 0.5) is 5.69 Å².